The number of nitrogens with zero attached hydrogens (tertiary/aromatic N) is 3. The molecular weight excluding hydrogens is 400 g/mol. The summed E-state index contributed by atoms with van der Waals surface area (Å²) in [4.78, 5) is 29.9. The number of carbonyl (C=O) groups excluding carboxylic acids is 2. The van der Waals surface area contributed by atoms with Gasteiger partial charge in [-0.15, -0.1) is 0 Å². The van der Waals surface area contributed by atoms with E-state index in [1.165, 1.54) is 14.0 Å². The van der Waals surface area contributed by atoms with Crippen molar-refractivity contribution in [2.75, 3.05) is 12.4 Å². The van der Waals surface area contributed by atoms with E-state index < -0.39 is 5.91 Å². The topological polar surface area (TPSA) is 86.1 Å². The molecule has 2 aromatic carbocycles. The summed E-state index contributed by atoms with van der Waals surface area (Å²) in [6.45, 7) is 1.48. The first kappa shape index (κ1) is 19.5. The van der Waals surface area contributed by atoms with Crippen molar-refractivity contribution >= 4 is 28.2 Å². The van der Waals surface area contributed by atoms with Crippen molar-refractivity contribution in [3.05, 3.63) is 77.4 Å². The van der Waals surface area contributed by atoms with Gasteiger partial charge in [-0.3, -0.25) is 14.9 Å². The maximum absolute atomic E-state index is 12.9. The molecule has 0 fully saturated rings. The number of para-hydroxylation sites is 1. The third-order valence-electron chi connectivity index (χ3n) is 4.35. The van der Waals surface area contributed by atoms with Crippen molar-refractivity contribution < 1.29 is 14.3 Å². The van der Waals surface area contributed by atoms with Gasteiger partial charge < -0.3 is 4.74 Å². The first-order valence-corrected chi connectivity index (χ1v) is 9.96. The predicted molar refractivity (Wildman–Crippen MR) is 116 cm³/mol. The fourth-order valence-corrected chi connectivity index (χ4v) is 3.82. The van der Waals surface area contributed by atoms with Crippen LogP contribution in [-0.4, -0.2) is 33.6 Å². The second-order valence-electron chi connectivity index (χ2n) is 6.40. The molecule has 4 aromatic rings. The normalized spacial score (nSPS) is 10.6. The first-order valence-electron chi connectivity index (χ1n) is 9.14. The number of ketones is 1. The summed E-state index contributed by atoms with van der Waals surface area (Å²) in [7, 11) is 1.48. The van der Waals surface area contributed by atoms with Gasteiger partial charge in [0.1, 0.15) is 0 Å². The fourth-order valence-electron chi connectivity index (χ4n) is 2.94. The van der Waals surface area contributed by atoms with E-state index in [4.69, 9.17) is 4.74 Å². The second kappa shape index (κ2) is 8.30. The van der Waals surface area contributed by atoms with Crippen molar-refractivity contribution in [2.24, 2.45) is 0 Å². The number of anilines is 1. The summed E-state index contributed by atoms with van der Waals surface area (Å²) in [5.41, 5.74) is 2.28. The van der Waals surface area contributed by atoms with Crippen LogP contribution >= 0.6 is 11.3 Å². The average molecular weight is 418 g/mol. The van der Waals surface area contributed by atoms with Crippen LogP contribution in [0.3, 0.4) is 0 Å². The molecule has 7 nitrogen and oxygen atoms in total. The van der Waals surface area contributed by atoms with E-state index in [1.54, 1.807) is 10.9 Å². The zero-order valence-corrected chi connectivity index (χ0v) is 17.1. The van der Waals surface area contributed by atoms with Crippen LogP contribution in [0, 0.1) is 0 Å². The lowest BCUT2D eigenvalue weighted by atomic mass is 10.1. The van der Waals surface area contributed by atoms with Crippen LogP contribution < -0.4 is 10.1 Å². The summed E-state index contributed by atoms with van der Waals surface area (Å²) < 4.78 is 6.90. The summed E-state index contributed by atoms with van der Waals surface area (Å²) in [6, 6.07) is 18.8. The fraction of sp³-hybridized carbons (Fsp3) is 0.0909. The van der Waals surface area contributed by atoms with Crippen LogP contribution in [0.15, 0.2) is 66.9 Å². The molecule has 1 N–H and O–H groups in total. The number of nitrogens with one attached hydrogen (secondary N) is 1. The molecule has 0 radical (unpaired) electrons. The molecule has 4 rings (SSSR count). The number of amides is 1. The number of hydrogen-bond acceptors (Lipinski definition) is 6. The van der Waals surface area contributed by atoms with E-state index in [1.807, 2.05) is 60.7 Å². The largest absolute Gasteiger partial charge is 0.493 e. The van der Waals surface area contributed by atoms with Gasteiger partial charge in [0.25, 0.3) is 5.91 Å². The molecule has 0 aliphatic carbocycles. The maximum Gasteiger partial charge on any atom is 0.281 e. The zero-order valence-electron chi connectivity index (χ0n) is 16.3. The molecule has 150 valence electrons. The van der Waals surface area contributed by atoms with E-state index in [9.17, 15) is 9.59 Å². The van der Waals surface area contributed by atoms with E-state index >= 15 is 0 Å². The van der Waals surface area contributed by atoms with Gasteiger partial charge >= 0.3 is 0 Å². The SMILES string of the molecule is COc1cn(-c2ccccc2)nc1C(=O)Nc1nc(-c2ccccc2)c(C(C)=O)s1. The number of methoxy groups -OCH3 is 1. The molecule has 0 unspecified atom stereocenters. The lowest BCUT2D eigenvalue weighted by Gasteiger charge is -2.01. The lowest BCUT2D eigenvalue weighted by molar-refractivity contribution is 0.101. The number of Topliss-reactive ketones (excluding diaryl/α,β-unsaturated/α-hetero) is 1. The third-order valence-corrected chi connectivity index (χ3v) is 5.42. The van der Waals surface area contributed by atoms with Gasteiger partial charge in [-0.25, -0.2) is 9.67 Å². The van der Waals surface area contributed by atoms with Crippen LogP contribution in [0.4, 0.5) is 5.13 Å². The molecule has 1 amide bonds. The molecule has 8 heteroatoms. The van der Waals surface area contributed by atoms with Crippen LogP contribution in [0.25, 0.3) is 16.9 Å². The molecule has 0 saturated carbocycles. The molecule has 0 aliphatic heterocycles. The second-order valence-corrected chi connectivity index (χ2v) is 7.40. The van der Waals surface area contributed by atoms with Gasteiger partial charge in [0, 0.05) is 12.5 Å². The monoisotopic (exact) mass is 418 g/mol. The predicted octanol–water partition coefficient (Wildman–Crippen LogP) is 4.46. The quantitative estimate of drug-likeness (QED) is 0.467. The van der Waals surface area contributed by atoms with E-state index in [-0.39, 0.29) is 11.5 Å². The summed E-state index contributed by atoms with van der Waals surface area (Å²) in [5, 5.41) is 7.42. The summed E-state index contributed by atoms with van der Waals surface area (Å²) >= 11 is 1.13. The Balaban J connectivity index is 1.65. The average Bonchev–Trinajstić information content (AvgIpc) is 3.39. The van der Waals surface area contributed by atoms with Crippen LogP contribution in [0.5, 0.6) is 5.75 Å². The van der Waals surface area contributed by atoms with Gasteiger partial charge in [-0.2, -0.15) is 5.10 Å². The van der Waals surface area contributed by atoms with E-state index in [0.717, 1.165) is 22.6 Å². The van der Waals surface area contributed by atoms with Crippen molar-refractivity contribution in [1.29, 1.82) is 0 Å². The smallest absolute Gasteiger partial charge is 0.281 e. The van der Waals surface area contributed by atoms with Crippen molar-refractivity contribution in [3.63, 3.8) is 0 Å². The molecule has 2 heterocycles. The molecule has 30 heavy (non-hydrogen) atoms. The summed E-state index contributed by atoms with van der Waals surface area (Å²) in [6.07, 6.45) is 1.64. The third kappa shape index (κ3) is 3.85. The highest BCUT2D eigenvalue weighted by Gasteiger charge is 2.22. The molecule has 0 bridgehead atoms. The van der Waals surface area contributed by atoms with Crippen molar-refractivity contribution in [1.82, 2.24) is 14.8 Å². The Morgan fingerprint density at radius 2 is 1.70 bits per heavy atom. The standard InChI is InChI=1S/C22H18N4O3S/c1-14(27)20-18(15-9-5-3-6-10-15)23-22(30-20)24-21(28)19-17(29-2)13-26(25-19)16-11-7-4-8-12-16/h3-13H,1-2H3,(H,23,24,28). The maximum atomic E-state index is 12.9. The molecular formula is C22H18N4O3S. The van der Waals surface area contributed by atoms with Gasteiger partial charge in [-0.05, 0) is 12.1 Å². The van der Waals surface area contributed by atoms with Gasteiger partial charge in [0.15, 0.2) is 22.4 Å². The van der Waals surface area contributed by atoms with E-state index in [2.05, 4.69) is 15.4 Å². The number of benzene rings is 2. The Kier molecular flexibility index (Phi) is 5.40. The Morgan fingerprint density at radius 3 is 2.33 bits per heavy atom. The molecule has 0 atom stereocenters. The minimum atomic E-state index is -0.468. The van der Waals surface area contributed by atoms with Gasteiger partial charge in [0.2, 0.25) is 0 Å². The minimum Gasteiger partial charge on any atom is -0.493 e. The Bertz CT molecular complexity index is 1200. The number of ether oxygens (including phenoxy) is 1. The molecule has 0 saturated heterocycles. The highest BCUT2D eigenvalue weighted by molar-refractivity contribution is 7.18. The molecule has 0 spiro atoms. The van der Waals surface area contributed by atoms with Gasteiger partial charge in [0.05, 0.1) is 29.6 Å². The minimum absolute atomic E-state index is 0.113. The highest BCUT2D eigenvalue weighted by Crippen LogP contribution is 2.32. The van der Waals surface area contributed by atoms with Crippen molar-refractivity contribution in [2.45, 2.75) is 6.92 Å². The van der Waals surface area contributed by atoms with Crippen LogP contribution in [0.1, 0.15) is 27.1 Å². The number of hydrogen-bond donors (Lipinski definition) is 1. The number of thiazole rings is 1. The Labute approximate surface area is 177 Å². The van der Waals surface area contributed by atoms with Crippen LogP contribution in [0.2, 0.25) is 0 Å². The number of rotatable bonds is 6. The lowest BCUT2D eigenvalue weighted by Crippen LogP contribution is -2.14. The Morgan fingerprint density at radius 1 is 1.03 bits per heavy atom. The van der Waals surface area contributed by atoms with Gasteiger partial charge in [-0.1, -0.05) is 59.9 Å². The molecule has 2 aromatic heterocycles. The highest BCUT2D eigenvalue weighted by atomic mass is 32.1. The van der Waals surface area contributed by atoms with Crippen molar-refractivity contribution in [3.8, 4) is 22.7 Å². The Hall–Kier alpha value is -3.78. The van der Waals surface area contributed by atoms with Crippen LogP contribution in [-0.2, 0) is 0 Å². The first-order chi connectivity index (χ1) is 14.6. The molecule has 0 aliphatic rings. The zero-order chi connectivity index (χ0) is 21.1. The van der Waals surface area contributed by atoms with E-state index in [0.29, 0.717) is 21.5 Å². The number of carbonyl (C=O) groups is 2. The summed E-state index contributed by atoms with van der Waals surface area (Å²) in [5.74, 6) is -0.245. The number of aromatic nitrogens is 3.